The highest BCUT2D eigenvalue weighted by Crippen LogP contribution is 2.10. The predicted octanol–water partition coefficient (Wildman–Crippen LogP) is 6.27. The molecule has 0 aliphatic heterocycles. The van der Waals surface area contributed by atoms with E-state index in [1.807, 2.05) is 12.1 Å². The minimum Gasteiger partial charge on any atom is -0.317 e. The van der Waals surface area contributed by atoms with Crippen LogP contribution in [-0.2, 0) is 6.42 Å². The fourth-order valence-corrected chi connectivity index (χ4v) is 2.93. The van der Waals surface area contributed by atoms with Crippen LogP contribution in [0.15, 0.2) is 24.3 Å². The van der Waals surface area contributed by atoms with Crippen LogP contribution in [0.2, 0.25) is 0 Å². The van der Waals surface area contributed by atoms with Gasteiger partial charge in [0, 0.05) is 0 Å². The first-order valence-corrected chi connectivity index (χ1v) is 9.78. The van der Waals surface area contributed by atoms with Crippen molar-refractivity contribution in [3.8, 4) is 0 Å². The Bertz CT molecular complexity index is 361. The topological polar surface area (TPSA) is 12.0 Å². The molecule has 1 rings (SSSR count). The molecule has 0 unspecified atom stereocenters. The van der Waals surface area contributed by atoms with Gasteiger partial charge in [-0.1, -0.05) is 76.8 Å². The zero-order chi connectivity index (χ0) is 16.6. The van der Waals surface area contributed by atoms with Crippen molar-refractivity contribution in [3.05, 3.63) is 35.6 Å². The summed E-state index contributed by atoms with van der Waals surface area (Å²) in [5.41, 5.74) is 1.23. The van der Waals surface area contributed by atoms with Crippen molar-refractivity contribution in [2.24, 2.45) is 0 Å². The van der Waals surface area contributed by atoms with Crippen LogP contribution in [-0.4, -0.2) is 13.1 Å². The van der Waals surface area contributed by atoms with E-state index in [2.05, 4.69) is 12.2 Å². The van der Waals surface area contributed by atoms with E-state index < -0.39 is 0 Å². The molecule has 0 spiro atoms. The number of halogens is 1. The van der Waals surface area contributed by atoms with Crippen molar-refractivity contribution in [3.63, 3.8) is 0 Å². The summed E-state index contributed by atoms with van der Waals surface area (Å²) in [7, 11) is 0. The molecule has 0 saturated carbocycles. The average molecular weight is 322 g/mol. The summed E-state index contributed by atoms with van der Waals surface area (Å²) < 4.78 is 12.8. The maximum absolute atomic E-state index is 12.8. The van der Waals surface area contributed by atoms with Crippen LogP contribution in [0, 0.1) is 5.82 Å². The zero-order valence-electron chi connectivity index (χ0n) is 15.1. The Labute approximate surface area is 143 Å². The summed E-state index contributed by atoms with van der Waals surface area (Å²) in [6, 6.07) is 6.87. The summed E-state index contributed by atoms with van der Waals surface area (Å²) in [6.07, 6.45) is 16.1. The van der Waals surface area contributed by atoms with Crippen LogP contribution in [0.4, 0.5) is 4.39 Å². The molecule has 0 bridgehead atoms. The Morgan fingerprint density at radius 3 is 1.83 bits per heavy atom. The van der Waals surface area contributed by atoms with Crippen LogP contribution in [0.25, 0.3) is 0 Å². The smallest absolute Gasteiger partial charge is 0.123 e. The van der Waals surface area contributed by atoms with E-state index in [1.165, 1.54) is 69.8 Å². The van der Waals surface area contributed by atoms with E-state index in [0.717, 1.165) is 25.9 Å². The first-order chi connectivity index (χ1) is 11.3. The summed E-state index contributed by atoms with van der Waals surface area (Å²) in [6.45, 7) is 4.48. The molecule has 0 radical (unpaired) electrons. The largest absolute Gasteiger partial charge is 0.317 e. The van der Waals surface area contributed by atoms with Crippen molar-refractivity contribution >= 4 is 0 Å². The molecule has 0 aliphatic rings. The summed E-state index contributed by atoms with van der Waals surface area (Å²) in [4.78, 5) is 0. The Hall–Kier alpha value is -0.890. The fraction of sp³-hybridized carbons (Fsp3) is 0.714. The number of hydrogen-bond donors (Lipinski definition) is 1. The third-order valence-corrected chi connectivity index (χ3v) is 4.44. The maximum Gasteiger partial charge on any atom is 0.123 e. The van der Waals surface area contributed by atoms with Gasteiger partial charge in [0.1, 0.15) is 5.82 Å². The van der Waals surface area contributed by atoms with Gasteiger partial charge in [0.25, 0.3) is 0 Å². The van der Waals surface area contributed by atoms with Crippen LogP contribution in [0.5, 0.6) is 0 Å². The Morgan fingerprint density at radius 2 is 1.22 bits per heavy atom. The molecule has 1 aromatic rings. The van der Waals surface area contributed by atoms with Gasteiger partial charge in [-0.05, 0) is 50.0 Å². The highest BCUT2D eigenvalue weighted by Gasteiger charge is 1.95. The molecule has 0 aromatic heterocycles. The lowest BCUT2D eigenvalue weighted by Crippen LogP contribution is -2.17. The number of benzene rings is 1. The average Bonchev–Trinajstić information content (AvgIpc) is 2.57. The van der Waals surface area contributed by atoms with Crippen molar-refractivity contribution in [1.82, 2.24) is 5.32 Å². The zero-order valence-corrected chi connectivity index (χ0v) is 15.1. The van der Waals surface area contributed by atoms with Gasteiger partial charge < -0.3 is 5.32 Å². The molecule has 0 heterocycles. The third-order valence-electron chi connectivity index (χ3n) is 4.44. The molecule has 1 aromatic carbocycles. The van der Waals surface area contributed by atoms with Gasteiger partial charge >= 0.3 is 0 Å². The van der Waals surface area contributed by atoms with E-state index in [-0.39, 0.29) is 5.82 Å². The highest BCUT2D eigenvalue weighted by atomic mass is 19.1. The SMILES string of the molecule is CCCCCCCCCCCCNCCCc1ccc(F)cc1. The minimum atomic E-state index is -0.146. The van der Waals surface area contributed by atoms with Crippen LogP contribution in [0.3, 0.4) is 0 Å². The number of rotatable bonds is 15. The van der Waals surface area contributed by atoms with Crippen LogP contribution < -0.4 is 5.32 Å². The highest BCUT2D eigenvalue weighted by molar-refractivity contribution is 5.15. The second-order valence-corrected chi connectivity index (χ2v) is 6.66. The van der Waals surface area contributed by atoms with E-state index >= 15 is 0 Å². The van der Waals surface area contributed by atoms with Crippen molar-refractivity contribution < 1.29 is 4.39 Å². The molecular weight excluding hydrogens is 285 g/mol. The first-order valence-electron chi connectivity index (χ1n) is 9.78. The molecule has 132 valence electrons. The van der Waals surface area contributed by atoms with Gasteiger partial charge in [0.05, 0.1) is 0 Å². The normalized spacial score (nSPS) is 11.0. The van der Waals surface area contributed by atoms with E-state index in [4.69, 9.17) is 0 Å². The van der Waals surface area contributed by atoms with E-state index in [9.17, 15) is 4.39 Å². The molecule has 0 saturated heterocycles. The van der Waals surface area contributed by atoms with Gasteiger partial charge in [-0.25, -0.2) is 4.39 Å². The molecule has 1 nitrogen and oxygen atoms in total. The Balaban J connectivity index is 1.77. The van der Waals surface area contributed by atoms with Gasteiger partial charge in [0.15, 0.2) is 0 Å². The number of unbranched alkanes of at least 4 members (excludes halogenated alkanes) is 9. The maximum atomic E-state index is 12.8. The van der Waals surface area contributed by atoms with Crippen molar-refractivity contribution in [2.75, 3.05) is 13.1 Å². The van der Waals surface area contributed by atoms with Gasteiger partial charge in [-0.3, -0.25) is 0 Å². The fourth-order valence-electron chi connectivity index (χ4n) is 2.93. The lowest BCUT2D eigenvalue weighted by atomic mass is 10.1. The monoisotopic (exact) mass is 321 g/mol. The third kappa shape index (κ3) is 12.2. The molecular formula is C21H36FN. The molecule has 1 N–H and O–H groups in total. The quantitative estimate of drug-likeness (QED) is 0.375. The van der Waals surface area contributed by atoms with Crippen LogP contribution in [0.1, 0.15) is 83.1 Å². The van der Waals surface area contributed by atoms with Gasteiger partial charge in [-0.15, -0.1) is 0 Å². The van der Waals surface area contributed by atoms with Crippen molar-refractivity contribution in [2.45, 2.75) is 84.0 Å². The molecule has 0 aliphatic carbocycles. The lowest BCUT2D eigenvalue weighted by Gasteiger charge is -2.05. The number of aryl methyl sites for hydroxylation is 1. The van der Waals surface area contributed by atoms with Crippen molar-refractivity contribution in [1.29, 1.82) is 0 Å². The molecule has 0 amide bonds. The summed E-state index contributed by atoms with van der Waals surface area (Å²) >= 11 is 0. The minimum absolute atomic E-state index is 0.146. The standard InChI is InChI=1S/C21H36FN/c1-2-3-4-5-6-7-8-9-10-11-18-23-19-12-13-20-14-16-21(22)17-15-20/h14-17,23H,2-13,18-19H2,1H3. The Morgan fingerprint density at radius 1 is 0.696 bits per heavy atom. The Kier molecular flexibility index (Phi) is 12.9. The molecule has 2 heteroatoms. The summed E-state index contributed by atoms with van der Waals surface area (Å²) in [5, 5.41) is 3.52. The van der Waals surface area contributed by atoms with Gasteiger partial charge in [0.2, 0.25) is 0 Å². The second kappa shape index (κ2) is 14.7. The lowest BCUT2D eigenvalue weighted by molar-refractivity contribution is 0.541. The van der Waals surface area contributed by atoms with E-state index in [0.29, 0.717) is 0 Å². The molecule has 0 atom stereocenters. The number of nitrogens with one attached hydrogen (secondary N) is 1. The first kappa shape index (κ1) is 20.2. The molecule has 23 heavy (non-hydrogen) atoms. The summed E-state index contributed by atoms with van der Waals surface area (Å²) in [5.74, 6) is -0.146. The molecule has 0 fully saturated rings. The van der Waals surface area contributed by atoms with E-state index in [1.54, 1.807) is 12.1 Å². The number of hydrogen-bond acceptors (Lipinski definition) is 1. The van der Waals surface area contributed by atoms with Gasteiger partial charge in [-0.2, -0.15) is 0 Å². The van der Waals surface area contributed by atoms with Crippen LogP contribution >= 0.6 is 0 Å². The predicted molar refractivity (Wildman–Crippen MR) is 99.4 cm³/mol. The second-order valence-electron chi connectivity index (χ2n) is 6.66.